The van der Waals surface area contributed by atoms with Crippen LogP contribution in [0.5, 0.6) is 0 Å². The quantitative estimate of drug-likeness (QED) is 0.879. The van der Waals surface area contributed by atoms with Crippen molar-refractivity contribution in [1.82, 2.24) is 4.98 Å². The molecule has 3 heteroatoms. The van der Waals surface area contributed by atoms with Gasteiger partial charge in [-0.25, -0.2) is 0 Å². The van der Waals surface area contributed by atoms with E-state index >= 15 is 0 Å². The first-order valence-corrected chi connectivity index (χ1v) is 6.38. The molecule has 0 aliphatic carbocycles. The largest absolute Gasteiger partial charge is 0.324 e. The molecule has 2 aromatic heterocycles. The predicted octanol–water partition coefficient (Wildman–Crippen LogP) is 3.08. The summed E-state index contributed by atoms with van der Waals surface area (Å²) in [7, 11) is 0. The molecule has 0 fully saturated rings. The molecule has 2 nitrogen and oxygen atoms in total. The summed E-state index contributed by atoms with van der Waals surface area (Å²) in [5.74, 6) is 0. The highest BCUT2D eigenvalue weighted by Gasteiger charge is 2.06. The van der Waals surface area contributed by atoms with Gasteiger partial charge in [-0.05, 0) is 53.3 Å². The fourth-order valence-electron chi connectivity index (χ4n) is 1.70. The van der Waals surface area contributed by atoms with E-state index in [4.69, 9.17) is 5.73 Å². The van der Waals surface area contributed by atoms with Crippen LogP contribution in [-0.2, 0) is 6.42 Å². The molecular formula is C13H16N2S. The van der Waals surface area contributed by atoms with Crippen molar-refractivity contribution >= 4 is 11.3 Å². The molecule has 0 spiro atoms. The first kappa shape index (κ1) is 11.3. The molecule has 0 bridgehead atoms. The Morgan fingerprint density at radius 2 is 2.31 bits per heavy atom. The topological polar surface area (TPSA) is 38.9 Å². The summed E-state index contributed by atoms with van der Waals surface area (Å²) in [6.45, 7) is 2.04. The van der Waals surface area contributed by atoms with E-state index in [1.165, 1.54) is 11.1 Å². The van der Waals surface area contributed by atoms with Gasteiger partial charge in [-0.1, -0.05) is 6.07 Å². The number of aromatic nitrogens is 1. The highest BCUT2D eigenvalue weighted by molar-refractivity contribution is 7.07. The number of nitrogens with zero attached hydrogens (tertiary/aromatic N) is 1. The lowest BCUT2D eigenvalue weighted by Gasteiger charge is -2.11. The summed E-state index contributed by atoms with van der Waals surface area (Å²) in [6.07, 6.45) is 5.74. The van der Waals surface area contributed by atoms with E-state index in [1.54, 1.807) is 11.3 Å². The smallest absolute Gasteiger partial charge is 0.0315 e. The summed E-state index contributed by atoms with van der Waals surface area (Å²) < 4.78 is 0. The van der Waals surface area contributed by atoms with Gasteiger partial charge in [-0.15, -0.1) is 0 Å². The normalized spacial score (nSPS) is 12.6. The molecule has 0 aromatic carbocycles. The molecule has 2 N–H and O–H groups in total. The van der Waals surface area contributed by atoms with Gasteiger partial charge in [0.25, 0.3) is 0 Å². The van der Waals surface area contributed by atoms with E-state index in [-0.39, 0.29) is 6.04 Å². The van der Waals surface area contributed by atoms with Crippen molar-refractivity contribution in [1.29, 1.82) is 0 Å². The number of nitrogens with two attached hydrogens (primary N) is 1. The van der Waals surface area contributed by atoms with Crippen molar-refractivity contribution in [2.45, 2.75) is 25.8 Å². The second-order valence-corrected chi connectivity index (χ2v) is 4.85. The minimum Gasteiger partial charge on any atom is -0.324 e. The Kier molecular flexibility index (Phi) is 3.70. The maximum atomic E-state index is 6.14. The molecule has 16 heavy (non-hydrogen) atoms. The fraction of sp³-hybridized carbons (Fsp3) is 0.308. The molecule has 84 valence electrons. The summed E-state index contributed by atoms with van der Waals surface area (Å²) in [5, 5.41) is 4.29. The van der Waals surface area contributed by atoms with E-state index < -0.39 is 0 Å². The van der Waals surface area contributed by atoms with E-state index in [2.05, 4.69) is 27.9 Å². The summed E-state index contributed by atoms with van der Waals surface area (Å²) in [4.78, 5) is 4.17. The average Bonchev–Trinajstić information content (AvgIpc) is 2.78. The molecule has 1 atom stereocenters. The van der Waals surface area contributed by atoms with Gasteiger partial charge in [-0.2, -0.15) is 11.3 Å². The molecule has 2 aromatic rings. The predicted molar refractivity (Wildman–Crippen MR) is 68.5 cm³/mol. The van der Waals surface area contributed by atoms with Crippen molar-refractivity contribution in [2.24, 2.45) is 5.73 Å². The zero-order valence-corrected chi connectivity index (χ0v) is 10.2. The van der Waals surface area contributed by atoms with Crippen LogP contribution in [0, 0.1) is 6.92 Å². The molecule has 0 saturated heterocycles. The molecule has 2 rings (SSSR count). The van der Waals surface area contributed by atoms with Gasteiger partial charge in [-0.3, -0.25) is 4.98 Å². The second-order valence-electron chi connectivity index (χ2n) is 4.07. The van der Waals surface area contributed by atoms with Gasteiger partial charge in [0, 0.05) is 18.4 Å². The molecule has 1 unspecified atom stereocenters. The Balaban J connectivity index is 1.95. The lowest BCUT2D eigenvalue weighted by molar-refractivity contribution is 0.649. The van der Waals surface area contributed by atoms with Gasteiger partial charge < -0.3 is 5.73 Å². The Morgan fingerprint density at radius 3 is 3.00 bits per heavy atom. The zero-order valence-electron chi connectivity index (χ0n) is 9.39. The Morgan fingerprint density at radius 1 is 1.44 bits per heavy atom. The van der Waals surface area contributed by atoms with Crippen LogP contribution in [-0.4, -0.2) is 4.98 Å². The van der Waals surface area contributed by atoms with Crippen molar-refractivity contribution in [3.8, 4) is 0 Å². The van der Waals surface area contributed by atoms with E-state index in [9.17, 15) is 0 Å². The van der Waals surface area contributed by atoms with Gasteiger partial charge in [0.1, 0.15) is 0 Å². The van der Waals surface area contributed by atoms with E-state index in [1.807, 2.05) is 19.3 Å². The van der Waals surface area contributed by atoms with Crippen LogP contribution in [0.15, 0.2) is 35.3 Å². The fourth-order valence-corrected chi connectivity index (χ4v) is 2.41. The summed E-state index contributed by atoms with van der Waals surface area (Å²) >= 11 is 1.74. The third kappa shape index (κ3) is 2.90. The molecule has 0 aliphatic heterocycles. The van der Waals surface area contributed by atoms with Crippen molar-refractivity contribution in [3.05, 3.63) is 52.0 Å². The van der Waals surface area contributed by atoms with Crippen LogP contribution in [0.2, 0.25) is 0 Å². The zero-order chi connectivity index (χ0) is 11.4. The number of rotatable bonds is 4. The van der Waals surface area contributed by atoms with Gasteiger partial charge in [0.2, 0.25) is 0 Å². The van der Waals surface area contributed by atoms with Crippen LogP contribution in [0.25, 0.3) is 0 Å². The molecule has 0 aliphatic rings. The lowest BCUT2D eigenvalue weighted by Crippen LogP contribution is -2.11. The number of hydrogen-bond donors (Lipinski definition) is 1. The van der Waals surface area contributed by atoms with Gasteiger partial charge in [0.05, 0.1) is 0 Å². The SMILES string of the molecule is Cc1cncc(C(N)CCc2ccsc2)c1. The van der Waals surface area contributed by atoms with Crippen LogP contribution >= 0.6 is 11.3 Å². The van der Waals surface area contributed by atoms with Crippen LogP contribution < -0.4 is 5.73 Å². The molecule has 0 amide bonds. The monoisotopic (exact) mass is 232 g/mol. The number of aryl methyl sites for hydroxylation is 2. The Labute approximate surface area is 100 Å². The van der Waals surface area contributed by atoms with Crippen molar-refractivity contribution in [3.63, 3.8) is 0 Å². The molecule has 2 heterocycles. The second kappa shape index (κ2) is 5.23. The van der Waals surface area contributed by atoms with Gasteiger partial charge in [0.15, 0.2) is 0 Å². The van der Waals surface area contributed by atoms with Crippen LogP contribution in [0.3, 0.4) is 0 Å². The third-order valence-corrected chi connectivity index (χ3v) is 3.38. The maximum absolute atomic E-state index is 6.14. The first-order valence-electron chi connectivity index (χ1n) is 5.44. The number of thiophene rings is 1. The lowest BCUT2D eigenvalue weighted by atomic mass is 10.0. The highest BCUT2D eigenvalue weighted by atomic mass is 32.1. The average molecular weight is 232 g/mol. The summed E-state index contributed by atoms with van der Waals surface area (Å²) in [5.41, 5.74) is 9.82. The molecule has 0 saturated carbocycles. The van der Waals surface area contributed by atoms with Crippen LogP contribution in [0.4, 0.5) is 0 Å². The standard InChI is InChI=1S/C13H16N2S/c1-10-6-12(8-15-7-10)13(14)3-2-11-4-5-16-9-11/h4-9,13H,2-3,14H2,1H3. The molecular weight excluding hydrogens is 216 g/mol. The minimum atomic E-state index is 0.0901. The van der Waals surface area contributed by atoms with Crippen molar-refractivity contribution < 1.29 is 0 Å². The van der Waals surface area contributed by atoms with E-state index in [0.29, 0.717) is 0 Å². The molecule has 0 radical (unpaired) electrons. The Bertz CT molecular complexity index is 437. The number of hydrogen-bond acceptors (Lipinski definition) is 3. The highest BCUT2D eigenvalue weighted by Crippen LogP contribution is 2.17. The third-order valence-electron chi connectivity index (χ3n) is 2.65. The minimum absolute atomic E-state index is 0.0901. The summed E-state index contributed by atoms with van der Waals surface area (Å²) in [6, 6.07) is 4.37. The Hall–Kier alpha value is -1.19. The first-order chi connectivity index (χ1) is 7.75. The maximum Gasteiger partial charge on any atom is 0.0315 e. The van der Waals surface area contributed by atoms with Crippen LogP contribution in [0.1, 0.15) is 29.2 Å². The number of pyridine rings is 1. The van der Waals surface area contributed by atoms with Gasteiger partial charge >= 0.3 is 0 Å². The van der Waals surface area contributed by atoms with E-state index in [0.717, 1.165) is 18.4 Å². The van der Waals surface area contributed by atoms with Crippen molar-refractivity contribution in [2.75, 3.05) is 0 Å².